The number of esters is 1. The van der Waals surface area contributed by atoms with Crippen molar-refractivity contribution in [2.45, 2.75) is 6.04 Å². The topological polar surface area (TPSA) is 71.2 Å². The predicted molar refractivity (Wildman–Crippen MR) is 86.9 cm³/mol. The molecule has 7 heteroatoms. The first kappa shape index (κ1) is 16.6. The van der Waals surface area contributed by atoms with Gasteiger partial charge < -0.3 is 15.0 Å². The minimum Gasteiger partial charge on any atom is -0.467 e. The minimum absolute atomic E-state index is 0.178. The number of carbonyl (C=O) groups excluding carboxylic acids is 2. The van der Waals surface area contributed by atoms with Crippen LogP contribution >= 0.6 is 0 Å². The molecule has 3 rings (SSSR count). The first-order valence-electron chi connectivity index (χ1n) is 7.41. The van der Waals surface area contributed by atoms with E-state index in [-0.39, 0.29) is 5.56 Å². The van der Waals surface area contributed by atoms with Gasteiger partial charge in [0.05, 0.1) is 7.11 Å². The summed E-state index contributed by atoms with van der Waals surface area (Å²) < 4.78 is 31.8. The second-order valence-corrected chi connectivity index (χ2v) is 5.34. The van der Waals surface area contributed by atoms with Crippen molar-refractivity contribution >= 4 is 22.8 Å². The van der Waals surface area contributed by atoms with E-state index in [4.69, 9.17) is 0 Å². The van der Waals surface area contributed by atoms with Gasteiger partial charge in [0.1, 0.15) is 11.6 Å². The zero-order valence-electron chi connectivity index (χ0n) is 13.2. The van der Waals surface area contributed by atoms with Crippen LogP contribution < -0.4 is 5.32 Å². The van der Waals surface area contributed by atoms with E-state index < -0.39 is 29.6 Å². The second-order valence-electron chi connectivity index (χ2n) is 5.34. The number of aromatic nitrogens is 1. The number of halogens is 2. The first-order valence-corrected chi connectivity index (χ1v) is 7.41. The van der Waals surface area contributed by atoms with E-state index in [0.717, 1.165) is 24.8 Å². The van der Waals surface area contributed by atoms with Crippen molar-refractivity contribution in [3.8, 4) is 0 Å². The Morgan fingerprint density at radius 2 is 1.96 bits per heavy atom. The van der Waals surface area contributed by atoms with Gasteiger partial charge in [-0.2, -0.15) is 0 Å². The van der Waals surface area contributed by atoms with Gasteiger partial charge in [0.2, 0.25) is 0 Å². The summed E-state index contributed by atoms with van der Waals surface area (Å²) in [5, 5.41) is 3.11. The molecule has 0 aliphatic heterocycles. The summed E-state index contributed by atoms with van der Waals surface area (Å²) in [6, 6.07) is 8.13. The monoisotopic (exact) mass is 344 g/mol. The van der Waals surface area contributed by atoms with Crippen LogP contribution in [0.25, 0.3) is 10.9 Å². The van der Waals surface area contributed by atoms with Gasteiger partial charge in [-0.05, 0) is 24.3 Å². The third kappa shape index (κ3) is 3.21. The molecule has 0 spiro atoms. The van der Waals surface area contributed by atoms with Crippen LogP contribution in [0, 0.1) is 11.6 Å². The van der Waals surface area contributed by atoms with Gasteiger partial charge in [-0.3, -0.25) is 4.79 Å². The van der Waals surface area contributed by atoms with Crippen LogP contribution in [0.3, 0.4) is 0 Å². The van der Waals surface area contributed by atoms with Crippen LogP contribution in [-0.2, 0) is 9.53 Å². The molecule has 0 saturated carbocycles. The van der Waals surface area contributed by atoms with Gasteiger partial charge in [-0.1, -0.05) is 12.1 Å². The maximum atomic E-state index is 14.0. The van der Waals surface area contributed by atoms with Crippen molar-refractivity contribution in [3.63, 3.8) is 0 Å². The number of amides is 1. The summed E-state index contributed by atoms with van der Waals surface area (Å²) in [6.45, 7) is 0. The van der Waals surface area contributed by atoms with Crippen molar-refractivity contribution in [2.24, 2.45) is 0 Å². The average Bonchev–Trinajstić information content (AvgIpc) is 3.08. The van der Waals surface area contributed by atoms with E-state index in [1.165, 1.54) is 0 Å². The fourth-order valence-electron chi connectivity index (χ4n) is 2.61. The Balaban J connectivity index is 1.97. The van der Waals surface area contributed by atoms with Gasteiger partial charge in [0.15, 0.2) is 6.04 Å². The molecule has 128 valence electrons. The Bertz CT molecular complexity index is 952. The minimum atomic E-state index is -1.40. The maximum Gasteiger partial charge on any atom is 0.333 e. The molecule has 0 saturated heterocycles. The van der Waals surface area contributed by atoms with Crippen molar-refractivity contribution < 1.29 is 23.1 Å². The number of rotatable bonds is 4. The molecule has 25 heavy (non-hydrogen) atoms. The second kappa shape index (κ2) is 6.72. The molecule has 0 aliphatic carbocycles. The largest absolute Gasteiger partial charge is 0.467 e. The molecule has 0 aliphatic rings. The summed E-state index contributed by atoms with van der Waals surface area (Å²) in [5.74, 6) is -3.17. The summed E-state index contributed by atoms with van der Waals surface area (Å²) in [5.41, 5.74) is 0.883. The SMILES string of the molecule is COC(=O)[C@@H](NC(=O)c1cccc2[nH]ccc12)c1ccc(F)cc1F. The van der Waals surface area contributed by atoms with E-state index >= 15 is 0 Å². The molecule has 1 aromatic heterocycles. The normalized spacial score (nSPS) is 12.0. The number of nitrogens with one attached hydrogen (secondary N) is 2. The number of hydrogen-bond acceptors (Lipinski definition) is 3. The smallest absolute Gasteiger partial charge is 0.333 e. The fourth-order valence-corrected chi connectivity index (χ4v) is 2.61. The molecule has 2 aromatic carbocycles. The third-order valence-corrected chi connectivity index (χ3v) is 3.83. The number of aromatic amines is 1. The van der Waals surface area contributed by atoms with Gasteiger partial charge >= 0.3 is 5.97 Å². The van der Waals surface area contributed by atoms with Crippen molar-refractivity contribution in [3.05, 3.63) is 71.4 Å². The van der Waals surface area contributed by atoms with Gasteiger partial charge in [0, 0.05) is 34.3 Å². The Hall–Kier alpha value is -3.22. The number of hydrogen-bond donors (Lipinski definition) is 2. The zero-order valence-corrected chi connectivity index (χ0v) is 13.2. The van der Waals surface area contributed by atoms with Crippen LogP contribution in [0.5, 0.6) is 0 Å². The van der Waals surface area contributed by atoms with Gasteiger partial charge in [-0.15, -0.1) is 0 Å². The Kier molecular flexibility index (Phi) is 4.47. The maximum absolute atomic E-state index is 14.0. The van der Waals surface area contributed by atoms with Gasteiger partial charge in [-0.25, -0.2) is 13.6 Å². The number of fused-ring (bicyclic) bond motifs is 1. The van der Waals surface area contributed by atoms with Gasteiger partial charge in [0.25, 0.3) is 5.91 Å². The number of ether oxygens (including phenoxy) is 1. The van der Waals surface area contributed by atoms with Crippen molar-refractivity contribution in [1.82, 2.24) is 10.3 Å². The molecule has 2 N–H and O–H groups in total. The van der Waals surface area contributed by atoms with Crippen LogP contribution in [-0.4, -0.2) is 24.0 Å². The molecule has 1 heterocycles. The molecule has 0 unspecified atom stereocenters. The highest BCUT2D eigenvalue weighted by molar-refractivity contribution is 6.07. The lowest BCUT2D eigenvalue weighted by molar-refractivity contribution is -0.143. The summed E-state index contributed by atoms with van der Waals surface area (Å²) in [4.78, 5) is 27.6. The lowest BCUT2D eigenvalue weighted by Crippen LogP contribution is -2.35. The highest BCUT2D eigenvalue weighted by Gasteiger charge is 2.27. The van der Waals surface area contributed by atoms with E-state index in [2.05, 4.69) is 15.0 Å². The Labute approximate surface area is 141 Å². The van der Waals surface area contributed by atoms with E-state index in [0.29, 0.717) is 17.0 Å². The first-order chi connectivity index (χ1) is 12.0. The summed E-state index contributed by atoms with van der Waals surface area (Å²) in [7, 11) is 1.12. The molecule has 0 fully saturated rings. The van der Waals surface area contributed by atoms with E-state index in [1.807, 2.05) is 0 Å². The van der Waals surface area contributed by atoms with Crippen molar-refractivity contribution in [2.75, 3.05) is 7.11 Å². The number of H-pyrrole nitrogens is 1. The quantitative estimate of drug-likeness (QED) is 0.715. The van der Waals surface area contributed by atoms with Crippen LogP contribution in [0.4, 0.5) is 8.78 Å². The van der Waals surface area contributed by atoms with Crippen LogP contribution in [0.2, 0.25) is 0 Å². The molecular weight excluding hydrogens is 330 g/mol. The summed E-state index contributed by atoms with van der Waals surface area (Å²) in [6.07, 6.45) is 1.68. The Morgan fingerprint density at radius 1 is 1.16 bits per heavy atom. The average molecular weight is 344 g/mol. The molecule has 0 bridgehead atoms. The number of carbonyl (C=O) groups is 2. The number of benzene rings is 2. The lowest BCUT2D eigenvalue weighted by Gasteiger charge is -2.18. The zero-order chi connectivity index (χ0) is 18.0. The lowest BCUT2D eigenvalue weighted by atomic mass is 10.0. The van der Waals surface area contributed by atoms with Crippen molar-refractivity contribution in [1.29, 1.82) is 0 Å². The molecule has 0 radical (unpaired) electrons. The fraction of sp³-hybridized carbons (Fsp3) is 0.111. The standard InChI is InChI=1S/C18H14F2N2O3/c1-25-18(24)16(13-6-5-10(19)9-14(13)20)22-17(23)12-3-2-4-15-11(12)7-8-21-15/h2-9,16,21H,1H3,(H,22,23)/t16-/m0/s1. The highest BCUT2D eigenvalue weighted by Crippen LogP contribution is 2.22. The van der Waals surface area contributed by atoms with E-state index in [1.54, 1.807) is 30.5 Å². The highest BCUT2D eigenvalue weighted by atomic mass is 19.1. The molecule has 1 atom stereocenters. The van der Waals surface area contributed by atoms with Crippen LogP contribution in [0.15, 0.2) is 48.7 Å². The third-order valence-electron chi connectivity index (χ3n) is 3.83. The van der Waals surface area contributed by atoms with Crippen LogP contribution in [0.1, 0.15) is 22.0 Å². The molecule has 5 nitrogen and oxygen atoms in total. The molecule has 3 aromatic rings. The predicted octanol–water partition coefficient (Wildman–Crippen LogP) is 3.09. The summed E-state index contributed by atoms with van der Waals surface area (Å²) >= 11 is 0. The molecule has 1 amide bonds. The van der Waals surface area contributed by atoms with E-state index in [9.17, 15) is 18.4 Å². The molecular formula is C18H14F2N2O3. The number of methoxy groups -OCH3 is 1. The Morgan fingerprint density at radius 3 is 2.68 bits per heavy atom.